The van der Waals surface area contributed by atoms with Gasteiger partial charge in [-0.05, 0) is 46.8 Å². The van der Waals surface area contributed by atoms with E-state index in [1.165, 1.54) is 34.7 Å². The van der Waals surface area contributed by atoms with E-state index in [-0.39, 0.29) is 12.0 Å². The van der Waals surface area contributed by atoms with E-state index < -0.39 is 40.7 Å². The van der Waals surface area contributed by atoms with E-state index in [0.717, 1.165) is 0 Å². The first kappa shape index (κ1) is 29.6. The van der Waals surface area contributed by atoms with Crippen LogP contribution in [0, 0.1) is 5.92 Å². The number of rotatable bonds is 9. The minimum Gasteiger partial charge on any atom is -0.496 e. The zero-order valence-electron chi connectivity index (χ0n) is 23.9. The lowest BCUT2D eigenvalue weighted by Gasteiger charge is -2.36. The fourth-order valence-corrected chi connectivity index (χ4v) is 4.99. The van der Waals surface area contributed by atoms with Gasteiger partial charge in [-0.25, -0.2) is 0 Å². The largest absolute Gasteiger partial charge is 0.496 e. The van der Waals surface area contributed by atoms with Crippen molar-refractivity contribution < 1.29 is 38.1 Å². The Balaban J connectivity index is 2.29. The van der Waals surface area contributed by atoms with Gasteiger partial charge in [-0.2, -0.15) is 0 Å². The molecule has 10 heteroatoms. The van der Waals surface area contributed by atoms with Gasteiger partial charge in [-0.3, -0.25) is 24.4 Å². The molecule has 2 heterocycles. The van der Waals surface area contributed by atoms with Crippen LogP contribution in [-0.4, -0.2) is 69.2 Å². The molecule has 0 amide bonds. The molecule has 210 valence electrons. The zero-order chi connectivity index (χ0) is 29.1. The zero-order valence-corrected chi connectivity index (χ0v) is 23.9. The Morgan fingerprint density at radius 1 is 0.974 bits per heavy atom. The smallest absolute Gasteiger partial charge is 0.315 e. The second-order valence-electron chi connectivity index (χ2n) is 10.3. The lowest BCUT2D eigenvalue weighted by Crippen LogP contribution is -2.44. The SMILES string of the molecule is COC(=O)C1C(C)=NC(C)=C(C(=O)C2(CC(=O)OC(C)(C)C)C=CC=N2)C1c1c(OC)cc(OC)cc1OC. The molecule has 0 radical (unpaired) electrons. The number of carbonyl (C=O) groups is 3. The molecular formula is C29H36N2O8. The van der Waals surface area contributed by atoms with E-state index in [1.54, 1.807) is 58.9 Å². The highest BCUT2D eigenvalue weighted by Crippen LogP contribution is 2.50. The first-order valence-corrected chi connectivity index (χ1v) is 12.5. The third kappa shape index (κ3) is 5.89. The van der Waals surface area contributed by atoms with Crippen LogP contribution in [0.3, 0.4) is 0 Å². The van der Waals surface area contributed by atoms with E-state index in [2.05, 4.69) is 9.98 Å². The lowest BCUT2D eigenvalue weighted by atomic mass is 9.70. The van der Waals surface area contributed by atoms with Crippen molar-refractivity contribution in [2.45, 2.75) is 58.1 Å². The summed E-state index contributed by atoms with van der Waals surface area (Å²) in [4.78, 5) is 49.7. The first-order chi connectivity index (χ1) is 18.3. The Bertz CT molecular complexity index is 1250. The highest BCUT2D eigenvalue weighted by Gasteiger charge is 2.50. The summed E-state index contributed by atoms with van der Waals surface area (Å²) >= 11 is 0. The standard InChI is InChI=1S/C29H36N2O8/c1-16-22(26(33)29(11-10-12-30-29)15-21(32)39-28(3,4)5)25(23(17(2)31-16)27(34)38-9)24-19(36-7)13-18(35-6)14-20(24)37-8/h10-14,23,25H,15H2,1-9H3. The van der Waals surface area contributed by atoms with Crippen LogP contribution in [0.15, 0.2) is 45.5 Å². The Hall–Kier alpha value is -3.95. The molecule has 1 aromatic rings. The molecule has 10 nitrogen and oxygen atoms in total. The van der Waals surface area contributed by atoms with Gasteiger partial charge in [-0.15, -0.1) is 0 Å². The maximum Gasteiger partial charge on any atom is 0.315 e. The van der Waals surface area contributed by atoms with Gasteiger partial charge in [0.15, 0.2) is 11.3 Å². The fourth-order valence-electron chi connectivity index (χ4n) is 4.99. The van der Waals surface area contributed by atoms with E-state index in [1.807, 2.05) is 0 Å². The van der Waals surface area contributed by atoms with Crippen molar-refractivity contribution in [3.8, 4) is 17.2 Å². The van der Waals surface area contributed by atoms with Crippen molar-refractivity contribution in [3.63, 3.8) is 0 Å². The number of ether oxygens (including phenoxy) is 5. The molecule has 2 aliphatic rings. The quantitative estimate of drug-likeness (QED) is 0.431. The predicted molar refractivity (Wildman–Crippen MR) is 146 cm³/mol. The molecule has 3 rings (SSSR count). The molecule has 0 aliphatic carbocycles. The highest BCUT2D eigenvalue weighted by molar-refractivity contribution is 6.14. The highest BCUT2D eigenvalue weighted by atomic mass is 16.6. The maximum atomic E-state index is 14.5. The molecule has 3 atom stereocenters. The number of nitrogens with zero attached hydrogens (tertiary/aromatic N) is 2. The minimum absolute atomic E-state index is 0.185. The molecule has 0 saturated carbocycles. The van der Waals surface area contributed by atoms with Crippen LogP contribution in [0.25, 0.3) is 0 Å². The molecule has 0 bridgehead atoms. The van der Waals surface area contributed by atoms with E-state index in [0.29, 0.717) is 34.2 Å². The van der Waals surface area contributed by atoms with Crippen molar-refractivity contribution in [1.82, 2.24) is 0 Å². The number of carbonyl (C=O) groups excluding carboxylic acids is 3. The van der Waals surface area contributed by atoms with Crippen molar-refractivity contribution >= 4 is 29.6 Å². The summed E-state index contributed by atoms with van der Waals surface area (Å²) in [5.41, 5.74) is -0.881. The topological polar surface area (TPSA) is 122 Å². The normalized spacial score (nSPS) is 22.3. The van der Waals surface area contributed by atoms with E-state index >= 15 is 0 Å². The second-order valence-corrected chi connectivity index (χ2v) is 10.3. The molecule has 1 aromatic carbocycles. The molecule has 39 heavy (non-hydrogen) atoms. The van der Waals surface area contributed by atoms with Gasteiger partial charge in [0.25, 0.3) is 0 Å². The number of hydrogen-bond donors (Lipinski definition) is 0. The Morgan fingerprint density at radius 2 is 1.59 bits per heavy atom. The monoisotopic (exact) mass is 540 g/mol. The van der Waals surface area contributed by atoms with E-state index in [9.17, 15) is 14.4 Å². The fraction of sp³-hybridized carbons (Fsp3) is 0.483. The summed E-state index contributed by atoms with van der Waals surface area (Å²) in [5, 5.41) is 0. The molecule has 0 aromatic heterocycles. The molecule has 0 fully saturated rings. The second kappa shape index (κ2) is 11.4. The number of hydrogen-bond acceptors (Lipinski definition) is 10. The van der Waals surface area contributed by atoms with Gasteiger partial charge in [0, 0.05) is 46.8 Å². The third-order valence-corrected chi connectivity index (χ3v) is 6.58. The van der Waals surface area contributed by atoms with Crippen LogP contribution in [0.1, 0.15) is 52.5 Å². The number of ketones is 1. The Kier molecular flexibility index (Phi) is 8.67. The van der Waals surface area contributed by atoms with Gasteiger partial charge in [0.1, 0.15) is 28.8 Å². The summed E-state index contributed by atoms with van der Waals surface area (Å²) in [6, 6.07) is 3.30. The molecule has 0 spiro atoms. The van der Waals surface area contributed by atoms with Crippen molar-refractivity contribution in [2.75, 3.05) is 28.4 Å². The van der Waals surface area contributed by atoms with Crippen molar-refractivity contribution in [2.24, 2.45) is 15.9 Å². The van der Waals surface area contributed by atoms with Gasteiger partial charge in [0.2, 0.25) is 0 Å². The average molecular weight is 541 g/mol. The average Bonchev–Trinajstić information content (AvgIpc) is 3.34. The molecule has 0 N–H and O–H groups in total. The molecular weight excluding hydrogens is 504 g/mol. The number of benzene rings is 1. The summed E-state index contributed by atoms with van der Waals surface area (Å²) in [6.45, 7) is 8.63. The maximum absolute atomic E-state index is 14.5. The molecule has 3 unspecified atom stereocenters. The summed E-state index contributed by atoms with van der Waals surface area (Å²) < 4.78 is 27.5. The summed E-state index contributed by atoms with van der Waals surface area (Å²) in [6.07, 6.45) is 4.31. The predicted octanol–water partition coefficient (Wildman–Crippen LogP) is 4.01. The Labute approximate surface area is 228 Å². The van der Waals surface area contributed by atoms with Crippen molar-refractivity contribution in [1.29, 1.82) is 0 Å². The lowest BCUT2D eigenvalue weighted by molar-refractivity contribution is -0.156. The van der Waals surface area contributed by atoms with Crippen LogP contribution < -0.4 is 14.2 Å². The Morgan fingerprint density at radius 3 is 2.05 bits per heavy atom. The van der Waals surface area contributed by atoms with Crippen LogP contribution in [0.5, 0.6) is 17.2 Å². The molecule has 0 saturated heterocycles. The van der Waals surface area contributed by atoms with Gasteiger partial charge < -0.3 is 23.7 Å². The van der Waals surface area contributed by atoms with Crippen LogP contribution >= 0.6 is 0 Å². The minimum atomic E-state index is -1.58. The first-order valence-electron chi connectivity index (χ1n) is 12.5. The van der Waals surface area contributed by atoms with Crippen LogP contribution in [-0.2, 0) is 23.9 Å². The number of Topliss-reactive ketones (excluding diaryl/α,β-unsaturated/α-hetero) is 1. The van der Waals surface area contributed by atoms with Crippen molar-refractivity contribution in [3.05, 3.63) is 41.1 Å². The summed E-state index contributed by atoms with van der Waals surface area (Å²) in [7, 11) is 5.73. The third-order valence-electron chi connectivity index (χ3n) is 6.58. The van der Waals surface area contributed by atoms with Crippen LogP contribution in [0.2, 0.25) is 0 Å². The van der Waals surface area contributed by atoms with Gasteiger partial charge >= 0.3 is 11.9 Å². The van der Waals surface area contributed by atoms with E-state index in [4.69, 9.17) is 23.7 Å². The number of methoxy groups -OCH3 is 4. The van der Waals surface area contributed by atoms with Crippen LogP contribution in [0.4, 0.5) is 0 Å². The summed E-state index contributed by atoms with van der Waals surface area (Å²) in [5.74, 6) is -2.46. The molecule has 2 aliphatic heterocycles. The number of allylic oxidation sites excluding steroid dienone is 2. The number of aliphatic imine (C=N–C) groups is 2. The van der Waals surface area contributed by atoms with Gasteiger partial charge in [0.05, 0.1) is 34.9 Å². The number of esters is 2. The van der Waals surface area contributed by atoms with Gasteiger partial charge in [-0.1, -0.05) is 0 Å².